The lowest BCUT2D eigenvalue weighted by molar-refractivity contribution is 0.217. The summed E-state index contributed by atoms with van der Waals surface area (Å²) < 4.78 is 0. The largest absolute Gasteiger partial charge is 0.312 e. The van der Waals surface area contributed by atoms with E-state index in [1.165, 1.54) is 58.2 Å². The number of hydrogen-bond donors (Lipinski definition) is 1. The molecule has 1 saturated heterocycles. The first-order valence-electron chi connectivity index (χ1n) is 6.97. The lowest BCUT2D eigenvalue weighted by atomic mass is 9.83. The number of hydrogen-bond acceptors (Lipinski definition) is 2. The van der Waals surface area contributed by atoms with Gasteiger partial charge in [-0.2, -0.15) is 0 Å². The summed E-state index contributed by atoms with van der Waals surface area (Å²) in [6.07, 6.45) is 10.6. The van der Waals surface area contributed by atoms with Crippen molar-refractivity contribution in [3.05, 3.63) is 12.7 Å². The van der Waals surface area contributed by atoms with Crippen LogP contribution in [0.15, 0.2) is 12.7 Å². The zero-order valence-corrected chi connectivity index (χ0v) is 10.5. The van der Waals surface area contributed by atoms with Gasteiger partial charge in [-0.3, -0.25) is 4.90 Å². The smallest absolute Gasteiger partial charge is 0.0223 e. The van der Waals surface area contributed by atoms with Crippen LogP contribution < -0.4 is 5.32 Å². The molecule has 0 radical (unpaired) electrons. The second kappa shape index (κ2) is 6.41. The summed E-state index contributed by atoms with van der Waals surface area (Å²) in [7, 11) is 0. The zero-order valence-electron chi connectivity index (χ0n) is 10.5. The van der Waals surface area contributed by atoms with Crippen LogP contribution in [0.5, 0.6) is 0 Å². The molecule has 2 rings (SSSR count). The summed E-state index contributed by atoms with van der Waals surface area (Å²) in [6, 6.07) is 0.739. The zero-order chi connectivity index (χ0) is 11.2. The molecule has 1 aliphatic carbocycles. The lowest BCUT2D eigenvalue weighted by Crippen LogP contribution is -2.43. The molecule has 1 unspecified atom stereocenters. The molecule has 2 nitrogen and oxygen atoms in total. The number of nitrogens with one attached hydrogen (secondary N) is 1. The van der Waals surface area contributed by atoms with Crippen molar-refractivity contribution < 1.29 is 0 Å². The van der Waals surface area contributed by atoms with E-state index in [9.17, 15) is 0 Å². The van der Waals surface area contributed by atoms with Crippen LogP contribution in [0.25, 0.3) is 0 Å². The fourth-order valence-corrected chi connectivity index (χ4v) is 3.22. The van der Waals surface area contributed by atoms with Crippen LogP contribution in [0.4, 0.5) is 0 Å². The summed E-state index contributed by atoms with van der Waals surface area (Å²) in [6.45, 7) is 8.60. The highest BCUT2D eigenvalue weighted by Gasteiger charge is 2.26. The van der Waals surface area contributed by atoms with Crippen LogP contribution in [-0.2, 0) is 0 Å². The van der Waals surface area contributed by atoms with E-state index in [2.05, 4.69) is 16.8 Å². The van der Waals surface area contributed by atoms with Crippen molar-refractivity contribution in [2.45, 2.75) is 44.6 Å². The molecule has 2 fully saturated rings. The van der Waals surface area contributed by atoms with Crippen LogP contribution in [0.1, 0.15) is 38.5 Å². The predicted molar refractivity (Wildman–Crippen MR) is 69.6 cm³/mol. The third kappa shape index (κ3) is 3.33. The first-order valence-corrected chi connectivity index (χ1v) is 6.97. The summed E-state index contributed by atoms with van der Waals surface area (Å²) in [5, 5.41) is 3.76. The van der Waals surface area contributed by atoms with Gasteiger partial charge in [0.1, 0.15) is 0 Å². The highest BCUT2D eigenvalue weighted by Crippen LogP contribution is 2.27. The van der Waals surface area contributed by atoms with E-state index in [0.29, 0.717) is 0 Å². The Kier molecular flexibility index (Phi) is 4.86. The Hall–Kier alpha value is -0.340. The van der Waals surface area contributed by atoms with E-state index in [0.717, 1.165) is 18.5 Å². The van der Waals surface area contributed by atoms with Crippen LogP contribution >= 0.6 is 0 Å². The van der Waals surface area contributed by atoms with Crippen molar-refractivity contribution in [1.82, 2.24) is 10.2 Å². The van der Waals surface area contributed by atoms with Gasteiger partial charge in [0, 0.05) is 19.1 Å². The van der Waals surface area contributed by atoms with Crippen LogP contribution in [-0.4, -0.2) is 37.1 Å². The van der Waals surface area contributed by atoms with Gasteiger partial charge in [0.05, 0.1) is 0 Å². The minimum absolute atomic E-state index is 0.739. The molecule has 0 aromatic rings. The van der Waals surface area contributed by atoms with Crippen LogP contribution in [0.3, 0.4) is 0 Å². The first-order chi connectivity index (χ1) is 7.90. The minimum atomic E-state index is 0.739. The molecule has 2 aliphatic rings. The van der Waals surface area contributed by atoms with E-state index in [-0.39, 0.29) is 0 Å². The van der Waals surface area contributed by atoms with Gasteiger partial charge in [-0.25, -0.2) is 0 Å². The molecule has 16 heavy (non-hydrogen) atoms. The molecular formula is C14H26N2. The van der Waals surface area contributed by atoms with Crippen molar-refractivity contribution in [2.24, 2.45) is 5.92 Å². The summed E-state index contributed by atoms with van der Waals surface area (Å²) in [5.41, 5.74) is 0. The molecule has 0 spiro atoms. The Morgan fingerprint density at radius 1 is 1.19 bits per heavy atom. The molecule has 0 bridgehead atoms. The highest BCUT2D eigenvalue weighted by atomic mass is 15.2. The van der Waals surface area contributed by atoms with Crippen molar-refractivity contribution in [3.63, 3.8) is 0 Å². The van der Waals surface area contributed by atoms with E-state index < -0.39 is 0 Å². The summed E-state index contributed by atoms with van der Waals surface area (Å²) in [4.78, 5) is 2.56. The van der Waals surface area contributed by atoms with E-state index in [1.807, 2.05) is 6.08 Å². The van der Waals surface area contributed by atoms with Gasteiger partial charge in [0.15, 0.2) is 0 Å². The van der Waals surface area contributed by atoms with Gasteiger partial charge in [-0.15, -0.1) is 6.58 Å². The molecular weight excluding hydrogens is 196 g/mol. The summed E-state index contributed by atoms with van der Waals surface area (Å²) >= 11 is 0. The maximum Gasteiger partial charge on any atom is 0.0223 e. The molecule has 92 valence electrons. The van der Waals surface area contributed by atoms with E-state index in [4.69, 9.17) is 0 Å². The van der Waals surface area contributed by atoms with Gasteiger partial charge < -0.3 is 5.32 Å². The monoisotopic (exact) mass is 222 g/mol. The fourth-order valence-electron chi connectivity index (χ4n) is 3.22. The first kappa shape index (κ1) is 12.1. The third-order valence-corrected chi connectivity index (χ3v) is 4.12. The molecule has 1 aliphatic heterocycles. The quantitative estimate of drug-likeness (QED) is 0.738. The number of nitrogens with zero attached hydrogens (tertiary/aromatic N) is 1. The lowest BCUT2D eigenvalue weighted by Gasteiger charge is -2.32. The van der Waals surface area contributed by atoms with Gasteiger partial charge >= 0.3 is 0 Å². The molecule has 0 amide bonds. The van der Waals surface area contributed by atoms with Gasteiger partial charge in [0.2, 0.25) is 0 Å². The predicted octanol–water partition coefficient (Wildman–Crippen LogP) is 2.42. The van der Waals surface area contributed by atoms with Crippen molar-refractivity contribution in [3.8, 4) is 0 Å². The SMILES string of the molecule is C=CCN1CCCNC(C2CCCCC2)C1. The normalized spacial score (nSPS) is 29.9. The Labute approximate surface area is 100 Å². The second-order valence-electron chi connectivity index (χ2n) is 5.36. The maximum atomic E-state index is 3.86. The van der Waals surface area contributed by atoms with Crippen LogP contribution in [0.2, 0.25) is 0 Å². The second-order valence-corrected chi connectivity index (χ2v) is 5.36. The van der Waals surface area contributed by atoms with Gasteiger partial charge in [0.25, 0.3) is 0 Å². The molecule has 1 saturated carbocycles. The van der Waals surface area contributed by atoms with Crippen LogP contribution in [0, 0.1) is 5.92 Å². The molecule has 1 atom stereocenters. The van der Waals surface area contributed by atoms with Crippen molar-refractivity contribution in [2.75, 3.05) is 26.2 Å². The summed E-state index contributed by atoms with van der Waals surface area (Å²) in [5.74, 6) is 0.930. The third-order valence-electron chi connectivity index (χ3n) is 4.12. The molecule has 0 aromatic heterocycles. The average molecular weight is 222 g/mol. The van der Waals surface area contributed by atoms with Gasteiger partial charge in [-0.05, 0) is 38.3 Å². The molecule has 1 N–H and O–H groups in total. The molecule has 0 aromatic carbocycles. The highest BCUT2D eigenvalue weighted by molar-refractivity contribution is 4.86. The Bertz CT molecular complexity index is 209. The Balaban J connectivity index is 1.88. The molecule has 1 heterocycles. The van der Waals surface area contributed by atoms with Gasteiger partial charge in [-0.1, -0.05) is 25.3 Å². The van der Waals surface area contributed by atoms with E-state index in [1.54, 1.807) is 0 Å². The topological polar surface area (TPSA) is 15.3 Å². The Morgan fingerprint density at radius 2 is 2.00 bits per heavy atom. The maximum absolute atomic E-state index is 3.86. The standard InChI is InChI=1S/C14H26N2/c1-2-10-16-11-6-9-15-14(12-16)13-7-4-3-5-8-13/h2,13-15H,1,3-12H2. The molecule has 2 heteroatoms. The van der Waals surface area contributed by atoms with E-state index >= 15 is 0 Å². The Morgan fingerprint density at radius 3 is 2.75 bits per heavy atom. The average Bonchev–Trinajstić information content (AvgIpc) is 2.56. The minimum Gasteiger partial charge on any atom is -0.312 e. The fraction of sp³-hybridized carbons (Fsp3) is 0.857. The number of rotatable bonds is 3. The van der Waals surface area contributed by atoms with Crippen molar-refractivity contribution in [1.29, 1.82) is 0 Å². The van der Waals surface area contributed by atoms with Crippen molar-refractivity contribution >= 4 is 0 Å².